The summed E-state index contributed by atoms with van der Waals surface area (Å²) in [4.78, 5) is 28.7. The number of hydrogen-bond donors (Lipinski definition) is 1. The summed E-state index contributed by atoms with van der Waals surface area (Å²) in [5, 5.41) is 2.86. The molecule has 0 bridgehead atoms. The Morgan fingerprint density at radius 2 is 1.89 bits per heavy atom. The summed E-state index contributed by atoms with van der Waals surface area (Å²) in [6.45, 7) is 2.36. The number of hydrogen-bond acceptors (Lipinski definition) is 4. The lowest BCUT2D eigenvalue weighted by molar-refractivity contribution is -0.133. The maximum atomic E-state index is 13.9. The van der Waals surface area contributed by atoms with Crippen molar-refractivity contribution in [2.24, 2.45) is 0 Å². The van der Waals surface area contributed by atoms with E-state index in [-0.39, 0.29) is 18.3 Å². The van der Waals surface area contributed by atoms with E-state index in [4.69, 9.17) is 4.74 Å². The van der Waals surface area contributed by atoms with Crippen LogP contribution in [-0.2, 0) is 16.9 Å². The van der Waals surface area contributed by atoms with Gasteiger partial charge in [0.1, 0.15) is 5.54 Å². The first-order valence-electron chi connectivity index (χ1n) is 9.12. The molecule has 28 heavy (non-hydrogen) atoms. The zero-order chi connectivity index (χ0) is 20.3. The van der Waals surface area contributed by atoms with E-state index in [0.717, 1.165) is 11.1 Å². The van der Waals surface area contributed by atoms with Crippen LogP contribution in [0.15, 0.2) is 48.5 Å². The Morgan fingerprint density at radius 3 is 2.50 bits per heavy atom. The molecule has 3 rings (SSSR count). The van der Waals surface area contributed by atoms with Crippen LogP contribution in [0.5, 0.6) is 5.75 Å². The van der Waals surface area contributed by atoms with Gasteiger partial charge in [0, 0.05) is 6.54 Å². The molecule has 1 fully saturated rings. The van der Waals surface area contributed by atoms with Crippen molar-refractivity contribution in [1.82, 2.24) is 15.1 Å². The SMILES string of the molecule is CC[C@@]1(c2ccccc2)NC(=O)N(CN(C)Cc2ccc(OC)c(F)c2)C1=O. The van der Waals surface area contributed by atoms with Crippen LogP contribution in [0.4, 0.5) is 9.18 Å². The van der Waals surface area contributed by atoms with E-state index in [0.29, 0.717) is 13.0 Å². The Bertz CT molecular complexity index is 874. The van der Waals surface area contributed by atoms with Gasteiger partial charge in [-0.15, -0.1) is 0 Å². The van der Waals surface area contributed by atoms with Gasteiger partial charge in [0.2, 0.25) is 0 Å². The predicted molar refractivity (Wildman–Crippen MR) is 103 cm³/mol. The molecule has 0 aromatic heterocycles. The second kappa shape index (κ2) is 7.98. The van der Waals surface area contributed by atoms with Crippen molar-refractivity contribution in [3.05, 3.63) is 65.5 Å². The molecule has 0 radical (unpaired) electrons. The lowest BCUT2D eigenvalue weighted by Gasteiger charge is -2.27. The van der Waals surface area contributed by atoms with Crippen molar-refractivity contribution >= 4 is 11.9 Å². The molecular weight excluding hydrogens is 361 g/mol. The molecule has 0 aliphatic carbocycles. The number of nitrogens with one attached hydrogen (secondary N) is 1. The number of carbonyl (C=O) groups excluding carboxylic acids is 2. The molecule has 0 spiro atoms. The summed E-state index contributed by atoms with van der Waals surface area (Å²) in [6.07, 6.45) is 0.450. The third-order valence-corrected chi connectivity index (χ3v) is 5.02. The van der Waals surface area contributed by atoms with Crippen molar-refractivity contribution < 1.29 is 18.7 Å². The zero-order valence-corrected chi connectivity index (χ0v) is 16.2. The van der Waals surface area contributed by atoms with Crippen molar-refractivity contribution in [3.63, 3.8) is 0 Å². The minimum absolute atomic E-state index is 0.104. The molecule has 148 valence electrons. The van der Waals surface area contributed by atoms with Crippen molar-refractivity contribution in [1.29, 1.82) is 0 Å². The fourth-order valence-electron chi connectivity index (χ4n) is 3.53. The first kappa shape index (κ1) is 19.8. The number of urea groups is 1. The van der Waals surface area contributed by atoms with E-state index < -0.39 is 17.4 Å². The second-order valence-electron chi connectivity index (χ2n) is 6.91. The van der Waals surface area contributed by atoms with Crippen LogP contribution >= 0.6 is 0 Å². The molecule has 3 amide bonds. The van der Waals surface area contributed by atoms with Crippen LogP contribution in [0, 0.1) is 5.82 Å². The smallest absolute Gasteiger partial charge is 0.326 e. The average Bonchev–Trinajstić information content (AvgIpc) is 2.94. The van der Waals surface area contributed by atoms with Gasteiger partial charge in [0.25, 0.3) is 5.91 Å². The van der Waals surface area contributed by atoms with Gasteiger partial charge in [-0.3, -0.25) is 9.69 Å². The van der Waals surface area contributed by atoms with Crippen molar-refractivity contribution in [3.8, 4) is 5.75 Å². The van der Waals surface area contributed by atoms with Gasteiger partial charge >= 0.3 is 6.03 Å². The third-order valence-electron chi connectivity index (χ3n) is 5.02. The molecule has 2 aromatic rings. The van der Waals surface area contributed by atoms with Crippen LogP contribution < -0.4 is 10.1 Å². The molecule has 1 aliphatic rings. The van der Waals surface area contributed by atoms with Crippen LogP contribution in [0.2, 0.25) is 0 Å². The number of benzene rings is 2. The summed E-state index contributed by atoms with van der Waals surface area (Å²) < 4.78 is 18.8. The number of rotatable bonds is 7. The van der Waals surface area contributed by atoms with Gasteiger partial charge in [0.05, 0.1) is 13.8 Å². The highest BCUT2D eigenvalue weighted by molar-refractivity contribution is 6.07. The second-order valence-corrected chi connectivity index (χ2v) is 6.91. The van der Waals surface area contributed by atoms with E-state index in [1.807, 2.05) is 37.3 Å². The van der Waals surface area contributed by atoms with Crippen molar-refractivity contribution in [2.75, 3.05) is 20.8 Å². The Balaban J connectivity index is 1.74. The largest absolute Gasteiger partial charge is 0.494 e. The number of imide groups is 1. The lowest BCUT2D eigenvalue weighted by Crippen LogP contribution is -2.44. The number of halogens is 1. The third kappa shape index (κ3) is 3.57. The first-order valence-corrected chi connectivity index (χ1v) is 9.12. The topological polar surface area (TPSA) is 61.9 Å². The van der Waals surface area contributed by atoms with E-state index in [1.165, 1.54) is 18.1 Å². The van der Waals surface area contributed by atoms with E-state index in [2.05, 4.69) is 5.32 Å². The monoisotopic (exact) mass is 385 g/mol. The molecule has 1 heterocycles. The minimum atomic E-state index is -1.05. The Hall–Kier alpha value is -2.93. The van der Waals surface area contributed by atoms with E-state index in [9.17, 15) is 14.0 Å². The van der Waals surface area contributed by atoms with Crippen LogP contribution in [0.25, 0.3) is 0 Å². The number of methoxy groups -OCH3 is 1. The number of amides is 3. The van der Waals surface area contributed by atoms with E-state index >= 15 is 0 Å². The molecular formula is C21H24FN3O3. The van der Waals surface area contributed by atoms with Crippen LogP contribution in [-0.4, -0.2) is 42.6 Å². The highest BCUT2D eigenvalue weighted by Gasteiger charge is 2.51. The summed E-state index contributed by atoms with van der Waals surface area (Å²) in [5.41, 5.74) is 0.432. The predicted octanol–water partition coefficient (Wildman–Crippen LogP) is 3.08. The van der Waals surface area contributed by atoms with Crippen LogP contribution in [0.3, 0.4) is 0 Å². The standard InChI is InChI=1S/C21H24FN3O3/c1-4-21(16-8-6-5-7-9-16)19(26)25(20(27)23-21)14-24(2)13-15-10-11-18(28-3)17(22)12-15/h5-12H,4,13-14H2,1-3H3,(H,23,27)/t21-/m0/s1. The molecule has 7 heteroatoms. The summed E-state index contributed by atoms with van der Waals surface area (Å²) in [7, 11) is 3.19. The van der Waals surface area contributed by atoms with Gasteiger partial charge in [-0.25, -0.2) is 14.1 Å². The van der Waals surface area contributed by atoms with Gasteiger partial charge < -0.3 is 10.1 Å². The zero-order valence-electron chi connectivity index (χ0n) is 16.2. The minimum Gasteiger partial charge on any atom is -0.494 e. The molecule has 1 atom stereocenters. The molecule has 2 aromatic carbocycles. The fraction of sp³-hybridized carbons (Fsp3) is 0.333. The highest BCUT2D eigenvalue weighted by Crippen LogP contribution is 2.32. The van der Waals surface area contributed by atoms with Gasteiger partial charge in [-0.1, -0.05) is 43.3 Å². The van der Waals surface area contributed by atoms with Gasteiger partial charge in [0.15, 0.2) is 11.6 Å². The number of nitrogens with zero attached hydrogens (tertiary/aromatic N) is 2. The lowest BCUT2D eigenvalue weighted by atomic mass is 9.87. The number of ether oxygens (including phenoxy) is 1. The van der Waals surface area contributed by atoms with Crippen molar-refractivity contribution in [2.45, 2.75) is 25.4 Å². The quantitative estimate of drug-likeness (QED) is 0.744. The number of carbonyl (C=O) groups is 2. The average molecular weight is 385 g/mol. The maximum Gasteiger partial charge on any atom is 0.326 e. The van der Waals surface area contributed by atoms with Gasteiger partial charge in [-0.05, 0) is 36.7 Å². The summed E-state index contributed by atoms with van der Waals surface area (Å²) in [5.74, 6) is -0.549. The molecule has 6 nitrogen and oxygen atoms in total. The first-order chi connectivity index (χ1) is 13.4. The highest BCUT2D eigenvalue weighted by atomic mass is 19.1. The maximum absolute atomic E-state index is 13.9. The molecule has 0 saturated carbocycles. The van der Waals surface area contributed by atoms with Gasteiger partial charge in [-0.2, -0.15) is 0 Å². The Labute approximate surface area is 163 Å². The molecule has 1 N–H and O–H groups in total. The molecule has 1 aliphatic heterocycles. The normalized spacial score (nSPS) is 19.2. The Morgan fingerprint density at radius 1 is 1.18 bits per heavy atom. The Kier molecular flexibility index (Phi) is 5.65. The summed E-state index contributed by atoms with van der Waals surface area (Å²) >= 11 is 0. The molecule has 0 unspecified atom stereocenters. The van der Waals surface area contributed by atoms with E-state index in [1.54, 1.807) is 24.1 Å². The summed E-state index contributed by atoms with van der Waals surface area (Å²) in [6, 6.07) is 13.5. The van der Waals surface area contributed by atoms with Crippen LogP contribution in [0.1, 0.15) is 24.5 Å². The fourth-order valence-corrected chi connectivity index (χ4v) is 3.53. The molecule has 1 saturated heterocycles.